The van der Waals surface area contributed by atoms with E-state index in [1.165, 1.54) is 18.2 Å². The molecule has 23 heavy (non-hydrogen) atoms. The van der Waals surface area contributed by atoms with Gasteiger partial charge in [0.2, 0.25) is 0 Å². The van der Waals surface area contributed by atoms with E-state index in [-0.39, 0.29) is 17.2 Å². The van der Waals surface area contributed by atoms with Gasteiger partial charge in [0.15, 0.2) is 24.2 Å². The fourth-order valence-electron chi connectivity index (χ4n) is 2.22. The van der Waals surface area contributed by atoms with Crippen molar-refractivity contribution in [3.8, 4) is 11.5 Å². The summed E-state index contributed by atoms with van der Waals surface area (Å²) in [5, 5.41) is 2.41. The minimum absolute atomic E-state index is 0.127. The number of fused-ring (bicyclic) bond motifs is 1. The molecule has 1 saturated heterocycles. The zero-order valence-electron chi connectivity index (χ0n) is 11.8. The van der Waals surface area contributed by atoms with Crippen LogP contribution in [0, 0.1) is 0 Å². The number of hydrogen-bond acceptors (Lipinski definition) is 6. The van der Waals surface area contributed by atoms with Crippen molar-refractivity contribution >= 4 is 17.6 Å². The van der Waals surface area contributed by atoms with E-state index in [2.05, 4.69) is 14.8 Å². The van der Waals surface area contributed by atoms with E-state index in [0.29, 0.717) is 13.0 Å². The van der Waals surface area contributed by atoms with Gasteiger partial charge in [-0.15, -0.1) is 8.78 Å². The summed E-state index contributed by atoms with van der Waals surface area (Å²) in [6.45, 7) is -0.00289. The number of hydrogen-bond donors (Lipinski definition) is 1. The Bertz CT molecular complexity index is 630. The zero-order valence-corrected chi connectivity index (χ0v) is 11.8. The Labute approximate surface area is 129 Å². The van der Waals surface area contributed by atoms with Gasteiger partial charge in [0.05, 0.1) is 0 Å². The predicted molar refractivity (Wildman–Crippen MR) is 71.2 cm³/mol. The van der Waals surface area contributed by atoms with Crippen molar-refractivity contribution in [1.29, 1.82) is 0 Å². The lowest BCUT2D eigenvalue weighted by atomic mass is 10.2. The molecular formula is C14H13F2NO6. The van der Waals surface area contributed by atoms with Crippen LogP contribution in [0.3, 0.4) is 0 Å². The molecule has 3 rings (SSSR count). The maximum atomic E-state index is 12.9. The average molecular weight is 329 g/mol. The molecule has 124 valence electrons. The predicted octanol–water partition coefficient (Wildman–Crippen LogP) is 1.67. The highest BCUT2D eigenvalue weighted by molar-refractivity contribution is 5.93. The summed E-state index contributed by atoms with van der Waals surface area (Å²) in [6.07, 6.45) is -3.01. The lowest BCUT2D eigenvalue weighted by Gasteiger charge is -2.10. The van der Waals surface area contributed by atoms with Crippen molar-refractivity contribution < 1.29 is 37.3 Å². The van der Waals surface area contributed by atoms with Crippen LogP contribution < -0.4 is 14.8 Å². The lowest BCUT2D eigenvalue weighted by Crippen LogP contribution is -2.27. The summed E-state index contributed by atoms with van der Waals surface area (Å²) >= 11 is 0. The Hall–Kier alpha value is -2.42. The van der Waals surface area contributed by atoms with Crippen LogP contribution in [0.25, 0.3) is 0 Å². The van der Waals surface area contributed by atoms with Gasteiger partial charge in [-0.1, -0.05) is 0 Å². The Morgan fingerprint density at radius 2 is 2.09 bits per heavy atom. The molecule has 7 nitrogen and oxygen atoms in total. The number of rotatable bonds is 4. The van der Waals surface area contributed by atoms with E-state index >= 15 is 0 Å². The highest BCUT2D eigenvalue weighted by atomic mass is 19.3. The van der Waals surface area contributed by atoms with Gasteiger partial charge in [-0.05, 0) is 25.0 Å². The number of ether oxygens (including phenoxy) is 4. The van der Waals surface area contributed by atoms with Gasteiger partial charge in [-0.3, -0.25) is 4.79 Å². The van der Waals surface area contributed by atoms with Crippen LogP contribution in [-0.4, -0.2) is 37.5 Å². The second-order valence-corrected chi connectivity index (χ2v) is 4.99. The van der Waals surface area contributed by atoms with Crippen molar-refractivity contribution in [2.45, 2.75) is 25.2 Å². The Kier molecular flexibility index (Phi) is 4.03. The van der Waals surface area contributed by atoms with Gasteiger partial charge >= 0.3 is 12.3 Å². The summed E-state index contributed by atoms with van der Waals surface area (Å²) in [7, 11) is 0. The summed E-state index contributed by atoms with van der Waals surface area (Å²) in [6, 6.07) is 3.80. The first-order chi connectivity index (χ1) is 10.9. The molecule has 9 heteroatoms. The quantitative estimate of drug-likeness (QED) is 0.846. The molecule has 1 N–H and O–H groups in total. The standard InChI is InChI=1S/C14H13F2NO6/c15-14(16)22-9-4-3-8(6-11(9)23-14)17-12(18)7-21-13(19)10-2-1-5-20-10/h3-4,6,10H,1-2,5,7H2,(H,17,18)/t10-/m0/s1. The van der Waals surface area contributed by atoms with Crippen molar-refractivity contribution in [2.75, 3.05) is 18.5 Å². The monoisotopic (exact) mass is 329 g/mol. The third kappa shape index (κ3) is 3.67. The van der Waals surface area contributed by atoms with Crippen molar-refractivity contribution in [3.63, 3.8) is 0 Å². The summed E-state index contributed by atoms with van der Waals surface area (Å²) in [5.41, 5.74) is 0.211. The van der Waals surface area contributed by atoms with Gasteiger partial charge in [-0.25, -0.2) is 4.79 Å². The van der Waals surface area contributed by atoms with Crippen LogP contribution in [0.15, 0.2) is 18.2 Å². The molecular weight excluding hydrogens is 316 g/mol. The molecule has 2 aliphatic rings. The average Bonchev–Trinajstić information content (AvgIpc) is 3.10. The molecule has 0 radical (unpaired) electrons. The van der Waals surface area contributed by atoms with Crippen LogP contribution in [0.4, 0.5) is 14.5 Å². The Morgan fingerprint density at radius 3 is 2.83 bits per heavy atom. The summed E-state index contributed by atoms with van der Waals surface area (Å²) in [5.74, 6) is -1.52. The van der Waals surface area contributed by atoms with E-state index in [1.54, 1.807) is 0 Å². The summed E-state index contributed by atoms with van der Waals surface area (Å²) in [4.78, 5) is 23.3. The van der Waals surface area contributed by atoms with Gasteiger partial charge < -0.3 is 24.3 Å². The molecule has 1 atom stereocenters. The molecule has 1 aromatic carbocycles. The number of carbonyl (C=O) groups excluding carboxylic acids is 2. The number of halogens is 2. The van der Waals surface area contributed by atoms with Gasteiger partial charge in [0, 0.05) is 18.4 Å². The minimum atomic E-state index is -3.72. The van der Waals surface area contributed by atoms with Crippen molar-refractivity contribution in [2.24, 2.45) is 0 Å². The maximum absolute atomic E-state index is 12.9. The number of amides is 1. The van der Waals surface area contributed by atoms with Gasteiger partial charge in [-0.2, -0.15) is 0 Å². The number of nitrogens with one attached hydrogen (secondary N) is 1. The Morgan fingerprint density at radius 1 is 1.30 bits per heavy atom. The Balaban J connectivity index is 1.51. The van der Waals surface area contributed by atoms with E-state index in [4.69, 9.17) is 9.47 Å². The zero-order chi connectivity index (χ0) is 16.4. The number of alkyl halides is 2. The van der Waals surface area contributed by atoms with E-state index in [0.717, 1.165) is 6.42 Å². The smallest absolute Gasteiger partial charge is 0.454 e. The molecule has 1 amide bonds. The van der Waals surface area contributed by atoms with Crippen LogP contribution >= 0.6 is 0 Å². The van der Waals surface area contributed by atoms with Crippen LogP contribution in [0.1, 0.15) is 12.8 Å². The highest BCUT2D eigenvalue weighted by Crippen LogP contribution is 2.42. The van der Waals surface area contributed by atoms with E-state index in [1.807, 2.05) is 0 Å². The maximum Gasteiger partial charge on any atom is 0.586 e. The molecule has 1 fully saturated rings. The van der Waals surface area contributed by atoms with Crippen molar-refractivity contribution in [1.82, 2.24) is 0 Å². The first-order valence-electron chi connectivity index (χ1n) is 6.91. The van der Waals surface area contributed by atoms with Crippen LogP contribution in [-0.2, 0) is 19.1 Å². The fraction of sp³-hybridized carbons (Fsp3) is 0.429. The van der Waals surface area contributed by atoms with Crippen LogP contribution in [0.2, 0.25) is 0 Å². The third-order valence-electron chi connectivity index (χ3n) is 3.22. The number of carbonyl (C=O) groups is 2. The second kappa shape index (κ2) is 5.99. The first kappa shape index (κ1) is 15.5. The highest BCUT2D eigenvalue weighted by Gasteiger charge is 2.43. The van der Waals surface area contributed by atoms with Gasteiger partial charge in [0.25, 0.3) is 5.91 Å². The lowest BCUT2D eigenvalue weighted by molar-refractivity contribution is -0.286. The third-order valence-corrected chi connectivity index (χ3v) is 3.22. The molecule has 2 aliphatic heterocycles. The fourth-order valence-corrected chi connectivity index (χ4v) is 2.22. The number of anilines is 1. The molecule has 0 bridgehead atoms. The number of esters is 1. The van der Waals surface area contributed by atoms with E-state index in [9.17, 15) is 18.4 Å². The molecule has 0 aliphatic carbocycles. The summed E-state index contributed by atoms with van der Waals surface area (Å²) < 4.78 is 44.2. The number of benzene rings is 1. The first-order valence-corrected chi connectivity index (χ1v) is 6.91. The molecule has 0 unspecified atom stereocenters. The SMILES string of the molecule is O=C(COC(=O)[C@@H]1CCCO1)Nc1ccc2c(c1)OC(F)(F)O2. The van der Waals surface area contributed by atoms with Crippen LogP contribution in [0.5, 0.6) is 11.5 Å². The molecule has 0 saturated carbocycles. The molecule has 2 heterocycles. The van der Waals surface area contributed by atoms with Gasteiger partial charge in [0.1, 0.15) is 0 Å². The molecule has 0 aromatic heterocycles. The second-order valence-electron chi connectivity index (χ2n) is 4.99. The van der Waals surface area contributed by atoms with Crippen molar-refractivity contribution in [3.05, 3.63) is 18.2 Å². The molecule has 1 aromatic rings. The van der Waals surface area contributed by atoms with E-state index < -0.39 is 30.9 Å². The normalized spacial score (nSPS) is 21.0. The largest absolute Gasteiger partial charge is 0.586 e. The minimum Gasteiger partial charge on any atom is -0.454 e. The topological polar surface area (TPSA) is 83.1 Å². The molecule has 0 spiro atoms.